The lowest BCUT2D eigenvalue weighted by Gasteiger charge is -2.17. The number of carbonyl (C=O) groups is 2. The van der Waals surface area contributed by atoms with Gasteiger partial charge in [-0.2, -0.15) is 9.97 Å². The largest absolute Gasteiger partial charge is 0.481 e. The Kier molecular flexibility index (Phi) is 11.1. The molecule has 2 unspecified atom stereocenters. The molecule has 2 atom stereocenters. The number of amides is 2. The first-order chi connectivity index (χ1) is 24.3. The summed E-state index contributed by atoms with van der Waals surface area (Å²) in [5, 5.41) is 12.4. The molecule has 2 aliphatic rings. The van der Waals surface area contributed by atoms with Gasteiger partial charge >= 0.3 is 0 Å². The van der Waals surface area contributed by atoms with Crippen LogP contribution < -0.4 is 40.2 Å². The highest BCUT2D eigenvalue weighted by molar-refractivity contribution is 5.79. The van der Waals surface area contributed by atoms with Crippen LogP contribution in [0.4, 0.5) is 0 Å². The van der Waals surface area contributed by atoms with Crippen molar-refractivity contribution in [3.05, 3.63) is 94.0 Å². The molecule has 262 valence electrons. The summed E-state index contributed by atoms with van der Waals surface area (Å²) in [7, 11) is 3.18. The predicted octanol–water partition coefficient (Wildman–Crippen LogP) is 3.89. The maximum absolute atomic E-state index is 11.5. The van der Waals surface area contributed by atoms with Gasteiger partial charge in [0.25, 0.3) is 0 Å². The first kappa shape index (κ1) is 34.7. The molecule has 0 spiro atoms. The molecule has 2 fully saturated rings. The minimum atomic E-state index is 0.0622. The van der Waals surface area contributed by atoms with Crippen molar-refractivity contribution in [1.29, 1.82) is 0 Å². The van der Waals surface area contributed by atoms with Crippen molar-refractivity contribution in [1.82, 2.24) is 31.2 Å². The number of pyridine rings is 2. The highest BCUT2D eigenvalue weighted by atomic mass is 16.5. The Morgan fingerprint density at radius 3 is 1.46 bits per heavy atom. The highest BCUT2D eigenvalue weighted by Gasteiger charge is 2.22. The Morgan fingerprint density at radius 1 is 0.640 bits per heavy atom. The Balaban J connectivity index is 1.09. The minimum Gasteiger partial charge on any atom is -0.481 e. The van der Waals surface area contributed by atoms with Gasteiger partial charge in [-0.05, 0) is 59.4 Å². The molecule has 2 amide bonds. The third-order valence-electron chi connectivity index (χ3n) is 9.26. The average Bonchev–Trinajstić information content (AvgIpc) is 3.76. The summed E-state index contributed by atoms with van der Waals surface area (Å²) < 4.78 is 23.4. The monoisotopic (exact) mass is 680 g/mol. The zero-order valence-electron chi connectivity index (χ0n) is 28.9. The van der Waals surface area contributed by atoms with Gasteiger partial charge in [0, 0.05) is 74.4 Å². The first-order valence-corrected chi connectivity index (χ1v) is 16.8. The van der Waals surface area contributed by atoms with Crippen LogP contribution in [-0.4, -0.2) is 61.2 Å². The van der Waals surface area contributed by atoms with Crippen LogP contribution in [0.3, 0.4) is 0 Å². The van der Waals surface area contributed by atoms with Crippen LogP contribution in [0.5, 0.6) is 23.5 Å². The van der Waals surface area contributed by atoms with Crippen LogP contribution in [0.15, 0.2) is 60.7 Å². The number of rotatable bonds is 15. The molecular formula is C38H44N6O6. The number of aromatic nitrogens is 2. The van der Waals surface area contributed by atoms with Crippen molar-refractivity contribution in [2.45, 2.75) is 65.1 Å². The number of nitrogens with zero attached hydrogens (tertiary/aromatic N) is 2. The van der Waals surface area contributed by atoms with Crippen molar-refractivity contribution < 1.29 is 28.5 Å². The van der Waals surface area contributed by atoms with Crippen LogP contribution in [0.25, 0.3) is 11.1 Å². The summed E-state index contributed by atoms with van der Waals surface area (Å²) in [5.74, 6) is 2.05. The molecule has 12 nitrogen and oxygen atoms in total. The number of carbonyl (C=O) groups excluding carboxylic acids is 2. The van der Waals surface area contributed by atoms with E-state index in [9.17, 15) is 9.59 Å². The number of nitrogens with one attached hydrogen (secondary N) is 4. The molecule has 2 saturated heterocycles. The molecule has 0 radical (unpaired) electrons. The van der Waals surface area contributed by atoms with Gasteiger partial charge in [0.1, 0.15) is 13.2 Å². The number of methoxy groups -OCH3 is 2. The normalized spacial score (nSPS) is 17.0. The number of hydrogen-bond acceptors (Lipinski definition) is 10. The van der Waals surface area contributed by atoms with Crippen LogP contribution in [0, 0.1) is 13.8 Å². The van der Waals surface area contributed by atoms with Gasteiger partial charge in [-0.3, -0.25) is 9.59 Å². The predicted molar refractivity (Wildman–Crippen MR) is 188 cm³/mol. The van der Waals surface area contributed by atoms with E-state index in [2.05, 4.69) is 69.3 Å². The molecule has 2 aromatic carbocycles. The van der Waals surface area contributed by atoms with Crippen molar-refractivity contribution in [3.8, 4) is 34.6 Å². The number of benzene rings is 2. The molecule has 50 heavy (non-hydrogen) atoms. The Labute approximate surface area is 292 Å². The van der Waals surface area contributed by atoms with Gasteiger partial charge in [0.2, 0.25) is 35.3 Å². The Bertz CT molecular complexity index is 1720. The fraction of sp³-hybridized carbons (Fsp3) is 0.368. The number of hydrogen-bond donors (Lipinski definition) is 4. The van der Waals surface area contributed by atoms with Gasteiger partial charge in [-0.1, -0.05) is 36.4 Å². The molecule has 12 heteroatoms. The second-order valence-electron chi connectivity index (χ2n) is 12.6. The molecule has 0 saturated carbocycles. The smallest absolute Gasteiger partial charge is 0.221 e. The minimum absolute atomic E-state index is 0.0622. The number of ether oxygens (including phenoxy) is 4. The van der Waals surface area contributed by atoms with Crippen molar-refractivity contribution >= 4 is 11.8 Å². The van der Waals surface area contributed by atoms with E-state index in [1.807, 2.05) is 36.4 Å². The lowest BCUT2D eigenvalue weighted by atomic mass is 9.92. The maximum atomic E-state index is 11.5. The van der Waals surface area contributed by atoms with Gasteiger partial charge in [0.05, 0.1) is 14.2 Å². The van der Waals surface area contributed by atoms with Gasteiger partial charge in [-0.15, -0.1) is 0 Å². The molecule has 4 aromatic rings. The average molecular weight is 681 g/mol. The highest BCUT2D eigenvalue weighted by Crippen LogP contribution is 2.32. The van der Waals surface area contributed by atoms with Gasteiger partial charge < -0.3 is 40.2 Å². The van der Waals surface area contributed by atoms with E-state index >= 15 is 0 Å². The molecule has 2 aliphatic heterocycles. The Morgan fingerprint density at radius 2 is 1.08 bits per heavy atom. The maximum Gasteiger partial charge on any atom is 0.221 e. The fourth-order valence-corrected chi connectivity index (χ4v) is 6.26. The summed E-state index contributed by atoms with van der Waals surface area (Å²) in [6.45, 7) is 7.23. The lowest BCUT2D eigenvalue weighted by Crippen LogP contribution is -2.30. The summed E-state index contributed by atoms with van der Waals surface area (Å²) in [5.41, 5.74) is 8.37. The van der Waals surface area contributed by atoms with Crippen molar-refractivity contribution in [3.63, 3.8) is 0 Å². The SMILES string of the molecule is COc1nc(OCc2cccc(-c3cccc(COc4ccc(CNC5CNC(=O)C5)c(OC)n4)c3C)c2C)ccc1CNC1CNC(=O)C1. The summed E-state index contributed by atoms with van der Waals surface area (Å²) >= 11 is 0. The Hall–Kier alpha value is -5.20. The van der Waals surface area contributed by atoms with E-state index in [1.165, 1.54) is 0 Å². The fourth-order valence-electron chi connectivity index (χ4n) is 6.26. The molecule has 0 aliphatic carbocycles. The zero-order valence-corrected chi connectivity index (χ0v) is 28.9. The van der Waals surface area contributed by atoms with Crippen molar-refractivity contribution in [2.75, 3.05) is 27.3 Å². The zero-order chi connectivity index (χ0) is 35.0. The summed E-state index contributed by atoms with van der Waals surface area (Å²) in [4.78, 5) is 32.2. The lowest BCUT2D eigenvalue weighted by molar-refractivity contribution is -0.120. The summed E-state index contributed by atoms with van der Waals surface area (Å²) in [6, 6.07) is 20.2. The third-order valence-corrected chi connectivity index (χ3v) is 9.26. The molecule has 2 aromatic heterocycles. The molecule has 0 bridgehead atoms. The molecule has 4 heterocycles. The van der Waals surface area contributed by atoms with E-state index in [4.69, 9.17) is 18.9 Å². The van der Waals surface area contributed by atoms with Gasteiger partial charge in [0.15, 0.2) is 0 Å². The van der Waals surface area contributed by atoms with E-state index < -0.39 is 0 Å². The first-order valence-electron chi connectivity index (χ1n) is 16.8. The van der Waals surface area contributed by atoms with Crippen LogP contribution in [0.1, 0.15) is 46.2 Å². The third kappa shape index (κ3) is 8.32. The quantitative estimate of drug-likeness (QED) is 0.146. The standard InChI is InChI=1S/C38H44N6O6/c1-23-27(21-49-35-13-11-25(37(43-35)47-3)17-39-29-15-33(45)41-19-29)7-5-9-31(23)32-10-6-8-28(24(32)2)22-50-36-14-12-26(38(44-36)48-4)18-40-30-16-34(46)42-20-30/h5-14,29-30,39-40H,15-22H2,1-4H3,(H,41,45)(H,42,46). The van der Waals surface area contributed by atoms with E-state index in [1.54, 1.807) is 14.2 Å². The van der Waals surface area contributed by atoms with Crippen LogP contribution in [0.2, 0.25) is 0 Å². The van der Waals surface area contributed by atoms with Crippen molar-refractivity contribution in [2.24, 2.45) is 0 Å². The van der Waals surface area contributed by atoms with E-state index in [0.717, 1.165) is 44.5 Å². The molecule has 4 N–H and O–H groups in total. The second-order valence-corrected chi connectivity index (χ2v) is 12.6. The topological polar surface area (TPSA) is 145 Å². The molecular weight excluding hydrogens is 636 g/mol. The van der Waals surface area contributed by atoms with Crippen LogP contribution >= 0.6 is 0 Å². The molecule has 6 rings (SSSR count). The van der Waals surface area contributed by atoms with Gasteiger partial charge in [-0.25, -0.2) is 0 Å². The second kappa shape index (κ2) is 16.0. The van der Waals surface area contributed by atoms with E-state index in [-0.39, 0.29) is 23.9 Å². The van der Waals surface area contributed by atoms with E-state index in [0.29, 0.717) is 75.8 Å². The summed E-state index contributed by atoms with van der Waals surface area (Å²) in [6.07, 6.45) is 0.941. The van der Waals surface area contributed by atoms with Crippen LogP contribution in [-0.2, 0) is 35.9 Å².